The number of nitrogens with zero attached hydrogens (tertiary/aromatic N) is 1. The standard InChI is InChI=1S/C18H30N6O6S/c1-3-9(2)14(17(28)22-12(6-25)18(29)30)24-16(27)13(7-31)23-15(26)11(19)4-10-5-20-8-21-10/h5,8-9,11-14,25,31H,3-4,6-7,19H2,1-2H3,(H,20,21)(H,22,28)(H,23,26)(H,24,27)(H,29,30). The molecule has 0 saturated heterocycles. The van der Waals surface area contributed by atoms with E-state index < -0.39 is 54.5 Å². The fraction of sp³-hybridized carbons (Fsp3) is 0.611. The van der Waals surface area contributed by atoms with E-state index in [2.05, 4.69) is 38.5 Å². The molecule has 5 unspecified atom stereocenters. The van der Waals surface area contributed by atoms with Gasteiger partial charge in [0, 0.05) is 24.1 Å². The number of hydrogen-bond acceptors (Lipinski definition) is 8. The van der Waals surface area contributed by atoms with Crippen molar-refractivity contribution in [1.82, 2.24) is 25.9 Å². The van der Waals surface area contributed by atoms with Crippen LogP contribution in [0.2, 0.25) is 0 Å². The van der Waals surface area contributed by atoms with E-state index in [1.165, 1.54) is 12.5 Å². The Morgan fingerprint density at radius 2 is 1.81 bits per heavy atom. The zero-order valence-corrected chi connectivity index (χ0v) is 18.3. The molecule has 0 spiro atoms. The van der Waals surface area contributed by atoms with Crippen molar-refractivity contribution in [2.24, 2.45) is 11.7 Å². The maximum atomic E-state index is 12.7. The molecule has 31 heavy (non-hydrogen) atoms. The zero-order valence-electron chi connectivity index (χ0n) is 17.4. The minimum atomic E-state index is -1.50. The highest BCUT2D eigenvalue weighted by atomic mass is 32.1. The first-order valence-electron chi connectivity index (χ1n) is 9.72. The molecule has 13 heteroatoms. The van der Waals surface area contributed by atoms with Crippen LogP contribution < -0.4 is 21.7 Å². The van der Waals surface area contributed by atoms with Crippen molar-refractivity contribution >= 4 is 36.3 Å². The minimum absolute atomic E-state index is 0.0579. The number of thiol groups is 1. The summed E-state index contributed by atoms with van der Waals surface area (Å²) < 4.78 is 0. The molecule has 5 atom stereocenters. The molecule has 0 aliphatic rings. The smallest absolute Gasteiger partial charge is 0.328 e. The highest BCUT2D eigenvalue weighted by Crippen LogP contribution is 2.09. The van der Waals surface area contributed by atoms with Gasteiger partial charge in [-0.1, -0.05) is 20.3 Å². The summed E-state index contributed by atoms with van der Waals surface area (Å²) in [5, 5.41) is 25.3. The van der Waals surface area contributed by atoms with E-state index in [1.807, 2.05) is 0 Å². The summed E-state index contributed by atoms with van der Waals surface area (Å²) in [6.45, 7) is 2.70. The lowest BCUT2D eigenvalue weighted by Crippen LogP contribution is -2.59. The molecule has 12 nitrogen and oxygen atoms in total. The van der Waals surface area contributed by atoms with Crippen LogP contribution in [0.3, 0.4) is 0 Å². The SMILES string of the molecule is CCC(C)C(NC(=O)C(CS)NC(=O)C(N)Cc1cnc[nH]1)C(=O)NC(CO)C(=O)O. The number of nitrogens with one attached hydrogen (secondary N) is 4. The molecule has 0 fully saturated rings. The van der Waals surface area contributed by atoms with Gasteiger partial charge in [0.15, 0.2) is 0 Å². The third-order valence-electron chi connectivity index (χ3n) is 4.74. The van der Waals surface area contributed by atoms with E-state index in [0.717, 1.165) is 0 Å². The average Bonchev–Trinajstić information content (AvgIpc) is 3.25. The van der Waals surface area contributed by atoms with Crippen molar-refractivity contribution in [2.45, 2.75) is 50.9 Å². The first kappa shape index (κ1) is 26.4. The second-order valence-electron chi connectivity index (χ2n) is 7.08. The van der Waals surface area contributed by atoms with Crippen molar-refractivity contribution in [1.29, 1.82) is 0 Å². The fourth-order valence-corrected chi connectivity index (χ4v) is 2.86. The summed E-state index contributed by atoms with van der Waals surface area (Å²) in [4.78, 5) is 55.3. The average molecular weight is 459 g/mol. The van der Waals surface area contributed by atoms with Gasteiger partial charge in [0.05, 0.1) is 19.0 Å². The van der Waals surface area contributed by atoms with Gasteiger partial charge in [-0.05, 0) is 5.92 Å². The number of rotatable bonds is 13. The van der Waals surface area contributed by atoms with Gasteiger partial charge in [-0.25, -0.2) is 9.78 Å². The van der Waals surface area contributed by atoms with Gasteiger partial charge in [0.2, 0.25) is 17.7 Å². The molecular weight excluding hydrogens is 428 g/mol. The molecule has 0 bridgehead atoms. The largest absolute Gasteiger partial charge is 0.480 e. The number of carbonyl (C=O) groups excluding carboxylic acids is 3. The van der Waals surface area contributed by atoms with Gasteiger partial charge in [-0.15, -0.1) is 0 Å². The van der Waals surface area contributed by atoms with Crippen LogP contribution in [-0.4, -0.2) is 80.4 Å². The maximum absolute atomic E-state index is 12.7. The number of aromatic nitrogens is 2. The molecule has 0 aliphatic heterocycles. The van der Waals surface area contributed by atoms with Crippen LogP contribution >= 0.6 is 12.6 Å². The van der Waals surface area contributed by atoms with Crippen molar-refractivity contribution in [3.8, 4) is 0 Å². The predicted molar refractivity (Wildman–Crippen MR) is 114 cm³/mol. The molecule has 1 rings (SSSR count). The van der Waals surface area contributed by atoms with Crippen molar-refractivity contribution in [3.05, 3.63) is 18.2 Å². The van der Waals surface area contributed by atoms with E-state index in [9.17, 15) is 19.2 Å². The van der Waals surface area contributed by atoms with Crippen LogP contribution in [-0.2, 0) is 25.6 Å². The number of aliphatic carboxylic acids is 1. The number of carboxylic acid groups (broad SMARTS) is 1. The minimum Gasteiger partial charge on any atom is -0.480 e. The lowest BCUT2D eigenvalue weighted by molar-refractivity contribution is -0.143. The number of aliphatic hydroxyl groups is 1. The third-order valence-corrected chi connectivity index (χ3v) is 5.10. The van der Waals surface area contributed by atoms with Crippen molar-refractivity contribution in [2.75, 3.05) is 12.4 Å². The summed E-state index contributed by atoms with van der Waals surface area (Å²) in [5.74, 6) is -3.83. The van der Waals surface area contributed by atoms with Gasteiger partial charge in [0.1, 0.15) is 18.1 Å². The first-order chi connectivity index (χ1) is 14.6. The predicted octanol–water partition coefficient (Wildman–Crippen LogP) is -2.21. The fourth-order valence-electron chi connectivity index (χ4n) is 2.60. The number of amides is 3. The van der Waals surface area contributed by atoms with Gasteiger partial charge in [0.25, 0.3) is 0 Å². The van der Waals surface area contributed by atoms with E-state index >= 15 is 0 Å². The Hall–Kier alpha value is -2.64. The number of nitrogens with two attached hydrogens (primary N) is 1. The summed E-state index contributed by atoms with van der Waals surface area (Å²) in [6.07, 6.45) is 3.67. The molecule has 0 aliphatic carbocycles. The van der Waals surface area contributed by atoms with Gasteiger partial charge < -0.3 is 36.9 Å². The Morgan fingerprint density at radius 1 is 1.16 bits per heavy atom. The summed E-state index contributed by atoms with van der Waals surface area (Å²) >= 11 is 4.09. The van der Waals surface area contributed by atoms with E-state index in [0.29, 0.717) is 12.1 Å². The third kappa shape index (κ3) is 8.19. The summed E-state index contributed by atoms with van der Waals surface area (Å²) in [6, 6.07) is -4.60. The molecule has 174 valence electrons. The number of H-pyrrole nitrogens is 1. The van der Waals surface area contributed by atoms with E-state index in [1.54, 1.807) is 13.8 Å². The molecule has 8 N–H and O–H groups in total. The molecule has 1 aromatic heterocycles. The van der Waals surface area contributed by atoms with Crippen LogP contribution in [0, 0.1) is 5.92 Å². The van der Waals surface area contributed by atoms with E-state index in [4.69, 9.17) is 15.9 Å². The Morgan fingerprint density at radius 3 is 2.29 bits per heavy atom. The lowest BCUT2D eigenvalue weighted by Gasteiger charge is -2.27. The van der Waals surface area contributed by atoms with E-state index in [-0.39, 0.29) is 18.1 Å². The van der Waals surface area contributed by atoms with Crippen molar-refractivity contribution in [3.63, 3.8) is 0 Å². The van der Waals surface area contributed by atoms with Crippen LogP contribution in [0.4, 0.5) is 0 Å². The molecule has 1 aromatic rings. The Balaban J connectivity index is 2.80. The van der Waals surface area contributed by atoms with Crippen LogP contribution in [0.25, 0.3) is 0 Å². The monoisotopic (exact) mass is 458 g/mol. The summed E-state index contributed by atoms with van der Waals surface area (Å²) in [7, 11) is 0. The molecule has 1 heterocycles. The molecule has 0 radical (unpaired) electrons. The van der Waals surface area contributed by atoms with Gasteiger partial charge in [-0.2, -0.15) is 12.6 Å². The molecule has 3 amide bonds. The Bertz CT molecular complexity index is 746. The summed E-state index contributed by atoms with van der Waals surface area (Å²) in [5.41, 5.74) is 6.52. The Kier molecular flexibility index (Phi) is 11.0. The first-order valence-corrected chi connectivity index (χ1v) is 10.4. The molecular formula is C18H30N6O6S. The lowest BCUT2D eigenvalue weighted by atomic mass is 9.97. The number of carboxylic acids is 1. The number of aliphatic hydroxyl groups excluding tert-OH is 1. The number of carbonyl (C=O) groups is 4. The number of aromatic amines is 1. The molecule has 0 saturated carbocycles. The highest BCUT2D eigenvalue weighted by Gasteiger charge is 2.32. The van der Waals surface area contributed by atoms with Gasteiger partial charge in [-0.3, -0.25) is 14.4 Å². The second kappa shape index (κ2) is 12.9. The van der Waals surface area contributed by atoms with Crippen LogP contribution in [0.1, 0.15) is 26.0 Å². The second-order valence-corrected chi connectivity index (χ2v) is 7.45. The quantitative estimate of drug-likeness (QED) is 0.152. The van der Waals surface area contributed by atoms with Gasteiger partial charge >= 0.3 is 5.97 Å². The molecule has 0 aromatic carbocycles. The van der Waals surface area contributed by atoms with Crippen molar-refractivity contribution < 1.29 is 29.4 Å². The topological polar surface area (TPSA) is 200 Å². The highest BCUT2D eigenvalue weighted by molar-refractivity contribution is 7.80. The number of imidazole rings is 1. The maximum Gasteiger partial charge on any atom is 0.328 e. The van der Waals surface area contributed by atoms with Crippen LogP contribution in [0.15, 0.2) is 12.5 Å². The zero-order chi connectivity index (χ0) is 23.6. The Labute approximate surface area is 185 Å². The van der Waals surface area contributed by atoms with Crippen LogP contribution in [0.5, 0.6) is 0 Å². The number of hydrogen-bond donors (Lipinski definition) is 8. The normalized spacial score (nSPS) is 15.8.